The van der Waals surface area contributed by atoms with Crippen LogP contribution in [0, 0.1) is 10.1 Å². The van der Waals surface area contributed by atoms with Crippen LogP contribution >= 0.6 is 11.6 Å². The van der Waals surface area contributed by atoms with Gasteiger partial charge in [-0.3, -0.25) is 15.1 Å². The van der Waals surface area contributed by atoms with Crippen molar-refractivity contribution in [2.24, 2.45) is 0 Å². The van der Waals surface area contributed by atoms with Gasteiger partial charge in [-0.2, -0.15) is 0 Å². The molecule has 0 aliphatic heterocycles. The van der Waals surface area contributed by atoms with Crippen molar-refractivity contribution in [3.8, 4) is 0 Å². The molecule has 1 aromatic heterocycles. The van der Waals surface area contributed by atoms with Crippen LogP contribution in [0.1, 0.15) is 18.2 Å². The molecule has 0 spiro atoms. The van der Waals surface area contributed by atoms with E-state index in [1.165, 1.54) is 12.1 Å². The van der Waals surface area contributed by atoms with Gasteiger partial charge < -0.3 is 5.32 Å². The van der Waals surface area contributed by atoms with E-state index in [4.69, 9.17) is 11.6 Å². The van der Waals surface area contributed by atoms with Crippen molar-refractivity contribution in [2.75, 3.05) is 5.32 Å². The molecule has 2 rings (SSSR count). The Morgan fingerprint density at radius 1 is 1.40 bits per heavy atom. The number of halogens is 1. The highest BCUT2D eigenvalue weighted by Gasteiger charge is 2.09. The third kappa shape index (κ3) is 3.24. The number of anilines is 1. The molecule has 0 amide bonds. The van der Waals surface area contributed by atoms with E-state index in [0.717, 1.165) is 17.7 Å². The summed E-state index contributed by atoms with van der Waals surface area (Å²) in [5, 5.41) is 14.1. The van der Waals surface area contributed by atoms with Gasteiger partial charge >= 0.3 is 0 Å². The van der Waals surface area contributed by atoms with Gasteiger partial charge in [0.1, 0.15) is 0 Å². The average molecular weight is 292 g/mol. The minimum absolute atomic E-state index is 0.0207. The molecule has 2 aromatic rings. The van der Waals surface area contributed by atoms with Crippen LogP contribution in [0.2, 0.25) is 5.02 Å². The van der Waals surface area contributed by atoms with Crippen LogP contribution in [-0.4, -0.2) is 9.91 Å². The maximum absolute atomic E-state index is 10.6. The molecular weight excluding hydrogens is 278 g/mol. The summed E-state index contributed by atoms with van der Waals surface area (Å²) in [6.07, 6.45) is 2.65. The number of nitrogens with one attached hydrogen (secondary N) is 1. The Labute approximate surface area is 121 Å². The molecule has 1 N–H and O–H groups in total. The van der Waals surface area contributed by atoms with Crippen molar-refractivity contribution in [1.82, 2.24) is 4.98 Å². The van der Waals surface area contributed by atoms with Crippen LogP contribution in [0.4, 0.5) is 11.4 Å². The molecule has 6 heteroatoms. The minimum Gasteiger partial charge on any atom is -0.378 e. The van der Waals surface area contributed by atoms with E-state index in [0.29, 0.717) is 17.3 Å². The smallest absolute Gasteiger partial charge is 0.271 e. The number of hydrogen-bond donors (Lipinski definition) is 1. The SMILES string of the molecule is CCc1cccnc1CNc1ccc([N+](=O)[O-])cc1Cl. The largest absolute Gasteiger partial charge is 0.378 e. The Bertz CT molecular complexity index is 632. The summed E-state index contributed by atoms with van der Waals surface area (Å²) >= 11 is 6.03. The second kappa shape index (κ2) is 6.34. The first kappa shape index (κ1) is 14.3. The molecule has 0 unspecified atom stereocenters. The Balaban J connectivity index is 2.13. The molecule has 20 heavy (non-hydrogen) atoms. The van der Waals surface area contributed by atoms with Crippen LogP contribution in [0.25, 0.3) is 0 Å². The summed E-state index contributed by atoms with van der Waals surface area (Å²) in [5.74, 6) is 0. The second-order valence-electron chi connectivity index (χ2n) is 4.24. The molecule has 0 radical (unpaired) electrons. The lowest BCUT2D eigenvalue weighted by molar-refractivity contribution is -0.384. The van der Waals surface area contributed by atoms with E-state index in [1.54, 1.807) is 12.3 Å². The Morgan fingerprint density at radius 3 is 2.85 bits per heavy atom. The molecule has 5 nitrogen and oxygen atoms in total. The monoisotopic (exact) mass is 291 g/mol. The predicted molar refractivity (Wildman–Crippen MR) is 79.0 cm³/mol. The third-order valence-electron chi connectivity index (χ3n) is 2.98. The molecule has 104 valence electrons. The summed E-state index contributed by atoms with van der Waals surface area (Å²) in [5.41, 5.74) is 2.75. The number of nitro groups is 1. The van der Waals surface area contributed by atoms with Crippen molar-refractivity contribution in [1.29, 1.82) is 0 Å². The molecule has 0 aliphatic carbocycles. The quantitative estimate of drug-likeness (QED) is 0.672. The first-order chi connectivity index (χ1) is 9.61. The van der Waals surface area contributed by atoms with Gasteiger partial charge in [-0.1, -0.05) is 24.6 Å². The molecule has 0 aliphatic rings. The lowest BCUT2D eigenvalue weighted by Gasteiger charge is -2.10. The van der Waals surface area contributed by atoms with Gasteiger partial charge in [0.25, 0.3) is 5.69 Å². The molecular formula is C14H14ClN3O2. The van der Waals surface area contributed by atoms with Crippen LogP contribution in [0.3, 0.4) is 0 Å². The normalized spacial score (nSPS) is 10.3. The highest BCUT2D eigenvalue weighted by atomic mass is 35.5. The van der Waals surface area contributed by atoms with Gasteiger partial charge in [-0.15, -0.1) is 0 Å². The zero-order valence-corrected chi connectivity index (χ0v) is 11.7. The van der Waals surface area contributed by atoms with E-state index in [-0.39, 0.29) is 5.69 Å². The Kier molecular flexibility index (Phi) is 4.53. The molecule has 0 saturated carbocycles. The second-order valence-corrected chi connectivity index (χ2v) is 4.64. The van der Waals surface area contributed by atoms with Crippen molar-refractivity contribution in [3.05, 3.63) is 62.9 Å². The lowest BCUT2D eigenvalue weighted by atomic mass is 10.1. The molecule has 0 bridgehead atoms. The third-order valence-corrected chi connectivity index (χ3v) is 3.29. The molecule has 1 aromatic carbocycles. The summed E-state index contributed by atoms with van der Waals surface area (Å²) in [6, 6.07) is 8.30. The highest BCUT2D eigenvalue weighted by Crippen LogP contribution is 2.27. The number of nitrogens with zero attached hydrogens (tertiary/aromatic N) is 2. The number of aryl methyl sites for hydroxylation is 1. The first-order valence-corrected chi connectivity index (χ1v) is 6.60. The summed E-state index contributed by atoms with van der Waals surface area (Å²) < 4.78 is 0. The molecule has 1 heterocycles. The number of hydrogen-bond acceptors (Lipinski definition) is 4. The van der Waals surface area contributed by atoms with E-state index < -0.39 is 4.92 Å². The van der Waals surface area contributed by atoms with Crippen LogP contribution < -0.4 is 5.32 Å². The topological polar surface area (TPSA) is 68.1 Å². The summed E-state index contributed by atoms with van der Waals surface area (Å²) in [6.45, 7) is 2.60. The van der Waals surface area contributed by atoms with Gasteiger partial charge in [-0.25, -0.2) is 0 Å². The van der Waals surface area contributed by atoms with Gasteiger partial charge in [0.2, 0.25) is 0 Å². The predicted octanol–water partition coefficient (Wildman–Crippen LogP) is 3.82. The van der Waals surface area contributed by atoms with Crippen molar-refractivity contribution < 1.29 is 4.92 Å². The summed E-state index contributed by atoms with van der Waals surface area (Å²) in [4.78, 5) is 14.5. The fraction of sp³-hybridized carbons (Fsp3) is 0.214. The van der Waals surface area contributed by atoms with E-state index >= 15 is 0 Å². The maximum atomic E-state index is 10.6. The fourth-order valence-corrected chi connectivity index (χ4v) is 2.13. The number of aromatic nitrogens is 1. The van der Waals surface area contributed by atoms with Crippen molar-refractivity contribution in [3.63, 3.8) is 0 Å². The lowest BCUT2D eigenvalue weighted by Crippen LogP contribution is -2.05. The number of rotatable bonds is 5. The van der Waals surface area contributed by atoms with Crippen LogP contribution in [0.5, 0.6) is 0 Å². The zero-order valence-electron chi connectivity index (χ0n) is 11.0. The Morgan fingerprint density at radius 2 is 2.20 bits per heavy atom. The van der Waals surface area contributed by atoms with Gasteiger partial charge in [0.15, 0.2) is 0 Å². The molecule has 0 atom stereocenters. The standard InChI is InChI=1S/C14H14ClN3O2/c1-2-10-4-3-7-16-14(10)9-17-13-6-5-11(18(19)20)8-12(13)15/h3-8,17H,2,9H2,1H3. The highest BCUT2D eigenvalue weighted by molar-refractivity contribution is 6.33. The Hall–Kier alpha value is -2.14. The van der Waals surface area contributed by atoms with Crippen LogP contribution in [0.15, 0.2) is 36.5 Å². The zero-order chi connectivity index (χ0) is 14.5. The van der Waals surface area contributed by atoms with E-state index in [2.05, 4.69) is 17.2 Å². The number of pyridine rings is 1. The number of non-ortho nitro benzene ring substituents is 1. The van der Waals surface area contributed by atoms with Gasteiger partial charge in [0, 0.05) is 18.3 Å². The average Bonchev–Trinajstić information content (AvgIpc) is 2.46. The number of benzene rings is 1. The van der Waals surface area contributed by atoms with E-state index in [9.17, 15) is 10.1 Å². The van der Waals surface area contributed by atoms with Crippen LogP contribution in [-0.2, 0) is 13.0 Å². The summed E-state index contributed by atoms with van der Waals surface area (Å²) in [7, 11) is 0. The maximum Gasteiger partial charge on any atom is 0.271 e. The van der Waals surface area contributed by atoms with Gasteiger partial charge in [-0.05, 0) is 24.1 Å². The molecule has 0 saturated heterocycles. The van der Waals surface area contributed by atoms with Gasteiger partial charge in [0.05, 0.1) is 27.9 Å². The molecule has 0 fully saturated rings. The van der Waals surface area contributed by atoms with Crippen molar-refractivity contribution in [2.45, 2.75) is 19.9 Å². The van der Waals surface area contributed by atoms with Crippen molar-refractivity contribution >= 4 is 23.0 Å². The number of nitro benzene ring substituents is 1. The van der Waals surface area contributed by atoms with E-state index in [1.807, 2.05) is 12.1 Å². The minimum atomic E-state index is -0.469. The first-order valence-electron chi connectivity index (χ1n) is 6.22. The fourth-order valence-electron chi connectivity index (χ4n) is 1.89.